The Kier molecular flexibility index (Phi) is 6.03. The van der Waals surface area contributed by atoms with E-state index in [0.717, 1.165) is 5.56 Å². The smallest absolute Gasteiger partial charge is 0.244 e. The molecule has 1 aromatic carbocycles. The SMILES string of the molecule is O=C(CSc1ncn[nH]1)NNCc1cc(Br)c(O)c(Br)c1. The first-order valence-electron chi connectivity index (χ1n) is 5.73. The number of aromatic nitrogens is 3. The van der Waals surface area contributed by atoms with Crippen LogP contribution in [0.4, 0.5) is 0 Å². The van der Waals surface area contributed by atoms with Crippen LogP contribution in [0, 0.1) is 0 Å². The van der Waals surface area contributed by atoms with Gasteiger partial charge < -0.3 is 5.11 Å². The van der Waals surface area contributed by atoms with Crippen molar-refractivity contribution in [2.24, 2.45) is 0 Å². The average molecular weight is 437 g/mol. The van der Waals surface area contributed by atoms with E-state index in [9.17, 15) is 9.90 Å². The quantitative estimate of drug-likeness (QED) is 0.407. The van der Waals surface area contributed by atoms with E-state index < -0.39 is 0 Å². The van der Waals surface area contributed by atoms with Crippen LogP contribution in [0.25, 0.3) is 0 Å². The van der Waals surface area contributed by atoms with Gasteiger partial charge in [0.25, 0.3) is 0 Å². The minimum atomic E-state index is -0.173. The van der Waals surface area contributed by atoms with Crippen LogP contribution in [0.5, 0.6) is 5.75 Å². The highest BCUT2D eigenvalue weighted by Gasteiger charge is 2.07. The Balaban J connectivity index is 1.75. The molecule has 2 aromatic rings. The molecule has 1 heterocycles. The molecule has 0 fully saturated rings. The summed E-state index contributed by atoms with van der Waals surface area (Å²) in [4.78, 5) is 15.5. The molecule has 0 saturated carbocycles. The van der Waals surface area contributed by atoms with Gasteiger partial charge in [0.05, 0.1) is 14.7 Å². The Hall–Kier alpha value is -1.10. The minimum Gasteiger partial charge on any atom is -0.506 e. The molecule has 0 aliphatic heterocycles. The molecular formula is C11H11Br2N5O2S. The van der Waals surface area contributed by atoms with E-state index in [1.54, 1.807) is 12.1 Å². The number of phenols is 1. The van der Waals surface area contributed by atoms with Crippen molar-refractivity contribution >= 4 is 49.5 Å². The molecule has 112 valence electrons. The van der Waals surface area contributed by atoms with Crippen LogP contribution in [0.2, 0.25) is 0 Å². The molecule has 4 N–H and O–H groups in total. The molecule has 2 rings (SSSR count). The number of H-pyrrole nitrogens is 1. The molecule has 1 amide bonds. The van der Waals surface area contributed by atoms with Crippen LogP contribution in [0.1, 0.15) is 5.56 Å². The number of aromatic amines is 1. The summed E-state index contributed by atoms with van der Waals surface area (Å²) >= 11 is 7.76. The lowest BCUT2D eigenvalue weighted by Crippen LogP contribution is -2.37. The summed E-state index contributed by atoms with van der Waals surface area (Å²) in [7, 11) is 0. The predicted octanol–water partition coefficient (Wildman–Crippen LogP) is 1.95. The number of amides is 1. The van der Waals surface area contributed by atoms with Crippen LogP contribution < -0.4 is 10.9 Å². The van der Waals surface area contributed by atoms with Crippen LogP contribution in [0.15, 0.2) is 32.6 Å². The van der Waals surface area contributed by atoms with Crippen molar-refractivity contribution in [1.82, 2.24) is 26.0 Å². The van der Waals surface area contributed by atoms with E-state index in [-0.39, 0.29) is 17.4 Å². The van der Waals surface area contributed by atoms with E-state index in [0.29, 0.717) is 20.6 Å². The Labute approximate surface area is 141 Å². The van der Waals surface area contributed by atoms with Gasteiger partial charge >= 0.3 is 0 Å². The van der Waals surface area contributed by atoms with Gasteiger partial charge in [-0.25, -0.2) is 10.4 Å². The third kappa shape index (κ3) is 4.99. The van der Waals surface area contributed by atoms with Crippen LogP contribution in [-0.4, -0.2) is 31.9 Å². The lowest BCUT2D eigenvalue weighted by Gasteiger charge is -2.09. The third-order valence-corrected chi connectivity index (χ3v) is 4.42. The number of nitrogens with zero attached hydrogens (tertiary/aromatic N) is 2. The molecule has 0 bridgehead atoms. The van der Waals surface area contributed by atoms with Gasteiger partial charge in [-0.15, -0.1) is 0 Å². The number of nitrogens with one attached hydrogen (secondary N) is 3. The maximum atomic E-state index is 11.6. The highest BCUT2D eigenvalue weighted by molar-refractivity contribution is 9.11. The second kappa shape index (κ2) is 7.78. The van der Waals surface area contributed by atoms with Gasteiger partial charge in [-0.3, -0.25) is 15.3 Å². The number of hydrogen-bond acceptors (Lipinski definition) is 6. The molecular weight excluding hydrogens is 426 g/mol. The van der Waals surface area contributed by atoms with E-state index in [1.807, 2.05) is 0 Å². The number of phenolic OH excluding ortho intramolecular Hbond substituents is 1. The Morgan fingerprint density at radius 2 is 2.10 bits per heavy atom. The van der Waals surface area contributed by atoms with Gasteiger partial charge in [0.2, 0.25) is 5.91 Å². The number of benzene rings is 1. The number of hydrazine groups is 1. The molecule has 7 nitrogen and oxygen atoms in total. The van der Waals surface area contributed by atoms with Gasteiger partial charge in [0.1, 0.15) is 12.1 Å². The maximum absolute atomic E-state index is 11.6. The Bertz CT molecular complexity index is 600. The summed E-state index contributed by atoms with van der Waals surface area (Å²) in [5, 5.41) is 16.5. The first kappa shape index (κ1) is 16.3. The molecule has 21 heavy (non-hydrogen) atoms. The number of rotatable bonds is 6. The molecule has 1 aromatic heterocycles. The topological polar surface area (TPSA) is 103 Å². The van der Waals surface area contributed by atoms with Crippen molar-refractivity contribution in [2.45, 2.75) is 11.7 Å². The van der Waals surface area contributed by atoms with E-state index >= 15 is 0 Å². The minimum absolute atomic E-state index is 0.145. The van der Waals surface area contributed by atoms with Crippen LogP contribution in [0.3, 0.4) is 0 Å². The highest BCUT2D eigenvalue weighted by atomic mass is 79.9. The average Bonchev–Trinajstić information content (AvgIpc) is 2.96. The summed E-state index contributed by atoms with van der Waals surface area (Å²) in [6.07, 6.45) is 1.39. The number of thioether (sulfide) groups is 1. The largest absolute Gasteiger partial charge is 0.506 e. The van der Waals surface area contributed by atoms with Crippen LogP contribution >= 0.6 is 43.6 Å². The molecule has 0 saturated heterocycles. The fourth-order valence-electron chi connectivity index (χ4n) is 1.40. The second-order valence-electron chi connectivity index (χ2n) is 3.89. The number of aromatic hydroxyl groups is 1. The summed E-state index contributed by atoms with van der Waals surface area (Å²) in [6.45, 7) is 0.427. The van der Waals surface area contributed by atoms with Gasteiger partial charge in [0.15, 0.2) is 5.16 Å². The number of hydrogen-bond donors (Lipinski definition) is 4. The number of carbonyl (C=O) groups excluding carboxylic acids is 1. The maximum Gasteiger partial charge on any atom is 0.244 e. The number of carbonyl (C=O) groups is 1. The Morgan fingerprint density at radius 3 is 2.71 bits per heavy atom. The zero-order chi connectivity index (χ0) is 15.2. The zero-order valence-electron chi connectivity index (χ0n) is 10.6. The normalized spacial score (nSPS) is 10.6. The second-order valence-corrected chi connectivity index (χ2v) is 6.56. The lowest BCUT2D eigenvalue weighted by atomic mass is 10.2. The fraction of sp³-hybridized carbons (Fsp3) is 0.182. The van der Waals surface area contributed by atoms with E-state index in [2.05, 4.69) is 57.9 Å². The van der Waals surface area contributed by atoms with Crippen molar-refractivity contribution in [1.29, 1.82) is 0 Å². The van der Waals surface area contributed by atoms with E-state index in [1.165, 1.54) is 18.1 Å². The van der Waals surface area contributed by atoms with Crippen molar-refractivity contribution in [3.05, 3.63) is 33.0 Å². The van der Waals surface area contributed by atoms with Gasteiger partial charge in [-0.1, -0.05) is 11.8 Å². The number of halogens is 2. The Morgan fingerprint density at radius 1 is 1.38 bits per heavy atom. The third-order valence-electron chi connectivity index (χ3n) is 2.33. The molecule has 0 atom stereocenters. The van der Waals surface area contributed by atoms with Crippen LogP contribution in [-0.2, 0) is 11.3 Å². The molecule has 10 heteroatoms. The first-order valence-corrected chi connectivity index (χ1v) is 8.30. The summed E-state index contributed by atoms with van der Waals surface area (Å²) in [6, 6.07) is 3.53. The highest BCUT2D eigenvalue weighted by Crippen LogP contribution is 2.33. The summed E-state index contributed by atoms with van der Waals surface area (Å²) in [5.74, 6) is 0.199. The van der Waals surface area contributed by atoms with Gasteiger partial charge in [-0.05, 0) is 49.6 Å². The summed E-state index contributed by atoms with van der Waals surface area (Å²) < 4.78 is 1.17. The lowest BCUT2D eigenvalue weighted by molar-refractivity contribution is -0.119. The molecule has 0 aliphatic carbocycles. The summed E-state index contributed by atoms with van der Waals surface area (Å²) in [5.41, 5.74) is 6.30. The molecule has 0 aliphatic rings. The monoisotopic (exact) mass is 435 g/mol. The van der Waals surface area contributed by atoms with E-state index in [4.69, 9.17) is 0 Å². The fourth-order valence-corrected chi connectivity index (χ4v) is 3.26. The predicted molar refractivity (Wildman–Crippen MR) is 85.6 cm³/mol. The first-order chi connectivity index (χ1) is 10.1. The molecule has 0 unspecified atom stereocenters. The van der Waals surface area contributed by atoms with Gasteiger partial charge in [-0.2, -0.15) is 5.10 Å². The molecule has 0 radical (unpaired) electrons. The van der Waals surface area contributed by atoms with Crippen molar-refractivity contribution in [2.75, 3.05) is 5.75 Å². The van der Waals surface area contributed by atoms with Crippen molar-refractivity contribution < 1.29 is 9.90 Å². The molecule has 0 spiro atoms. The van der Waals surface area contributed by atoms with Gasteiger partial charge in [0, 0.05) is 6.54 Å². The van der Waals surface area contributed by atoms with Crippen molar-refractivity contribution in [3.63, 3.8) is 0 Å². The standard InChI is InChI=1S/C11H11Br2N5O2S/c12-7-1-6(2-8(13)10(7)20)3-15-17-9(19)4-21-11-14-5-16-18-11/h1-2,5,15,20H,3-4H2,(H,17,19)(H,14,16,18). The zero-order valence-corrected chi connectivity index (χ0v) is 14.5. The van der Waals surface area contributed by atoms with Crippen molar-refractivity contribution in [3.8, 4) is 5.75 Å².